The van der Waals surface area contributed by atoms with Crippen LogP contribution in [-0.4, -0.2) is 22.2 Å². The molecule has 1 N–H and O–H groups in total. The standard InChI is InChI=1S/C20H18BrNO3/c1-2-25-20(24)13-17-9-12-19(14-3-5-15(21)6-4-14)22(17)16-7-10-18(23)11-8-16/h3-12,23H,2,13H2,1H3. The minimum absolute atomic E-state index is 0.186. The van der Waals surface area contributed by atoms with Crippen LogP contribution < -0.4 is 0 Å². The summed E-state index contributed by atoms with van der Waals surface area (Å²) in [6, 6.07) is 18.8. The van der Waals surface area contributed by atoms with Gasteiger partial charge in [0, 0.05) is 15.9 Å². The Bertz CT molecular complexity index is 867. The van der Waals surface area contributed by atoms with Crippen molar-refractivity contribution >= 4 is 21.9 Å². The highest BCUT2D eigenvalue weighted by Gasteiger charge is 2.15. The van der Waals surface area contributed by atoms with E-state index in [2.05, 4.69) is 15.9 Å². The molecular formula is C20H18BrNO3. The van der Waals surface area contributed by atoms with Crippen molar-refractivity contribution in [1.82, 2.24) is 4.57 Å². The highest BCUT2D eigenvalue weighted by Crippen LogP contribution is 2.29. The average molecular weight is 400 g/mol. The molecule has 0 aliphatic carbocycles. The lowest BCUT2D eigenvalue weighted by Crippen LogP contribution is -2.11. The van der Waals surface area contributed by atoms with Gasteiger partial charge in [0.25, 0.3) is 0 Å². The van der Waals surface area contributed by atoms with Crippen molar-refractivity contribution in [3.8, 4) is 22.7 Å². The molecule has 0 saturated carbocycles. The molecule has 25 heavy (non-hydrogen) atoms. The van der Waals surface area contributed by atoms with Gasteiger partial charge >= 0.3 is 5.97 Å². The number of rotatable bonds is 5. The Balaban J connectivity index is 2.09. The summed E-state index contributed by atoms with van der Waals surface area (Å²) in [6.45, 7) is 2.16. The number of benzene rings is 2. The van der Waals surface area contributed by atoms with Crippen LogP contribution in [0.5, 0.6) is 5.75 Å². The zero-order chi connectivity index (χ0) is 17.8. The predicted octanol–water partition coefficient (Wildman–Crippen LogP) is 4.72. The van der Waals surface area contributed by atoms with Gasteiger partial charge in [-0.2, -0.15) is 0 Å². The number of aromatic hydroxyl groups is 1. The number of nitrogens with zero attached hydrogens (tertiary/aromatic N) is 1. The van der Waals surface area contributed by atoms with Gasteiger partial charge in [0.15, 0.2) is 0 Å². The fourth-order valence-corrected chi connectivity index (χ4v) is 2.99. The molecule has 0 aliphatic rings. The zero-order valence-electron chi connectivity index (χ0n) is 13.8. The van der Waals surface area contributed by atoms with E-state index in [1.165, 1.54) is 0 Å². The molecule has 5 heteroatoms. The SMILES string of the molecule is CCOC(=O)Cc1ccc(-c2ccc(Br)cc2)n1-c1ccc(O)cc1. The van der Waals surface area contributed by atoms with Gasteiger partial charge in [0.1, 0.15) is 5.75 Å². The Labute approximate surface area is 154 Å². The summed E-state index contributed by atoms with van der Waals surface area (Å²) in [6.07, 6.45) is 0.186. The molecule has 0 unspecified atom stereocenters. The van der Waals surface area contributed by atoms with E-state index in [0.717, 1.165) is 27.1 Å². The second kappa shape index (κ2) is 7.57. The van der Waals surface area contributed by atoms with Crippen molar-refractivity contribution in [3.63, 3.8) is 0 Å². The van der Waals surface area contributed by atoms with E-state index in [-0.39, 0.29) is 18.1 Å². The third-order valence-electron chi connectivity index (χ3n) is 3.84. The first-order valence-corrected chi connectivity index (χ1v) is 8.79. The molecule has 128 valence electrons. The Morgan fingerprint density at radius 2 is 1.72 bits per heavy atom. The average Bonchev–Trinajstić information content (AvgIpc) is 3.00. The topological polar surface area (TPSA) is 51.5 Å². The minimum atomic E-state index is -0.261. The molecule has 0 atom stereocenters. The van der Waals surface area contributed by atoms with E-state index in [9.17, 15) is 9.90 Å². The lowest BCUT2D eigenvalue weighted by Gasteiger charge is -2.14. The van der Waals surface area contributed by atoms with Gasteiger partial charge in [-0.3, -0.25) is 4.79 Å². The van der Waals surface area contributed by atoms with Crippen molar-refractivity contribution in [2.75, 3.05) is 6.61 Å². The van der Waals surface area contributed by atoms with Crippen molar-refractivity contribution in [3.05, 3.63) is 70.8 Å². The number of hydrogen-bond donors (Lipinski definition) is 1. The Morgan fingerprint density at radius 1 is 1.04 bits per heavy atom. The molecule has 0 amide bonds. The largest absolute Gasteiger partial charge is 0.508 e. The number of carbonyl (C=O) groups is 1. The first-order valence-electron chi connectivity index (χ1n) is 8.00. The summed E-state index contributed by atoms with van der Waals surface area (Å²) in [5, 5.41) is 9.57. The fraction of sp³-hybridized carbons (Fsp3) is 0.150. The van der Waals surface area contributed by atoms with Gasteiger partial charge in [-0.25, -0.2) is 0 Å². The van der Waals surface area contributed by atoms with E-state index in [1.807, 2.05) is 53.1 Å². The zero-order valence-corrected chi connectivity index (χ0v) is 15.4. The van der Waals surface area contributed by atoms with Crippen molar-refractivity contribution < 1.29 is 14.6 Å². The van der Waals surface area contributed by atoms with Crippen LogP contribution in [-0.2, 0) is 16.0 Å². The molecule has 3 aromatic rings. The summed E-state index contributed by atoms with van der Waals surface area (Å²) in [5.41, 5.74) is 3.71. The second-order valence-electron chi connectivity index (χ2n) is 5.55. The number of phenolic OH excluding ortho intramolecular Hbond substituents is 1. The summed E-state index contributed by atoms with van der Waals surface area (Å²) in [7, 11) is 0. The third-order valence-corrected chi connectivity index (χ3v) is 4.37. The predicted molar refractivity (Wildman–Crippen MR) is 101 cm³/mol. The summed E-state index contributed by atoms with van der Waals surface area (Å²) in [5.74, 6) is -0.0592. The van der Waals surface area contributed by atoms with Gasteiger partial charge in [0.05, 0.1) is 18.7 Å². The number of phenols is 1. The molecule has 4 nitrogen and oxygen atoms in total. The van der Waals surface area contributed by atoms with Crippen LogP contribution in [0.15, 0.2) is 65.1 Å². The van der Waals surface area contributed by atoms with Crippen molar-refractivity contribution in [1.29, 1.82) is 0 Å². The monoisotopic (exact) mass is 399 g/mol. The molecule has 0 saturated heterocycles. The normalized spacial score (nSPS) is 10.6. The number of esters is 1. The number of halogens is 1. The van der Waals surface area contributed by atoms with Gasteiger partial charge in [0.2, 0.25) is 0 Å². The van der Waals surface area contributed by atoms with Crippen LogP contribution in [0, 0.1) is 0 Å². The Morgan fingerprint density at radius 3 is 2.36 bits per heavy atom. The number of carbonyl (C=O) groups excluding carboxylic acids is 1. The first kappa shape index (κ1) is 17.3. The molecule has 0 spiro atoms. The molecule has 2 aromatic carbocycles. The summed E-state index contributed by atoms with van der Waals surface area (Å²) in [4.78, 5) is 12.0. The molecule has 1 heterocycles. The second-order valence-corrected chi connectivity index (χ2v) is 6.47. The van der Waals surface area contributed by atoms with Gasteiger partial charge in [-0.1, -0.05) is 28.1 Å². The molecular weight excluding hydrogens is 382 g/mol. The highest BCUT2D eigenvalue weighted by molar-refractivity contribution is 9.10. The molecule has 0 bridgehead atoms. The quantitative estimate of drug-likeness (QED) is 0.631. The van der Waals surface area contributed by atoms with Crippen LogP contribution >= 0.6 is 15.9 Å². The number of ether oxygens (including phenoxy) is 1. The molecule has 0 fully saturated rings. The maximum Gasteiger partial charge on any atom is 0.311 e. The van der Waals surface area contributed by atoms with E-state index < -0.39 is 0 Å². The Kier molecular flexibility index (Phi) is 5.24. The maximum atomic E-state index is 12.0. The van der Waals surface area contributed by atoms with E-state index in [1.54, 1.807) is 19.1 Å². The highest BCUT2D eigenvalue weighted by atomic mass is 79.9. The molecule has 3 rings (SSSR count). The van der Waals surface area contributed by atoms with Gasteiger partial charge in [-0.05, 0) is 61.0 Å². The lowest BCUT2D eigenvalue weighted by atomic mass is 10.1. The first-order chi connectivity index (χ1) is 12.1. The maximum absolute atomic E-state index is 12.0. The Hall–Kier alpha value is -2.53. The third kappa shape index (κ3) is 3.94. The number of hydrogen-bond acceptors (Lipinski definition) is 3. The van der Waals surface area contributed by atoms with Crippen LogP contribution in [0.1, 0.15) is 12.6 Å². The van der Waals surface area contributed by atoms with Gasteiger partial charge in [-0.15, -0.1) is 0 Å². The van der Waals surface area contributed by atoms with Crippen LogP contribution in [0.2, 0.25) is 0 Å². The number of aromatic nitrogens is 1. The fourth-order valence-electron chi connectivity index (χ4n) is 2.73. The lowest BCUT2D eigenvalue weighted by molar-refractivity contribution is -0.142. The summed E-state index contributed by atoms with van der Waals surface area (Å²) >= 11 is 3.45. The van der Waals surface area contributed by atoms with E-state index >= 15 is 0 Å². The van der Waals surface area contributed by atoms with Gasteiger partial charge < -0.3 is 14.4 Å². The van der Waals surface area contributed by atoms with Crippen LogP contribution in [0.3, 0.4) is 0 Å². The van der Waals surface area contributed by atoms with Crippen molar-refractivity contribution in [2.24, 2.45) is 0 Å². The van der Waals surface area contributed by atoms with E-state index in [0.29, 0.717) is 6.61 Å². The van der Waals surface area contributed by atoms with Crippen LogP contribution in [0.4, 0.5) is 0 Å². The molecule has 1 aromatic heterocycles. The summed E-state index contributed by atoms with van der Waals surface area (Å²) < 4.78 is 8.11. The molecule has 0 radical (unpaired) electrons. The van der Waals surface area contributed by atoms with E-state index in [4.69, 9.17) is 4.74 Å². The van der Waals surface area contributed by atoms with Crippen LogP contribution in [0.25, 0.3) is 16.9 Å². The minimum Gasteiger partial charge on any atom is -0.508 e. The molecule has 0 aliphatic heterocycles. The smallest absolute Gasteiger partial charge is 0.311 e. The van der Waals surface area contributed by atoms with Crippen molar-refractivity contribution in [2.45, 2.75) is 13.3 Å².